The molecule has 0 unspecified atom stereocenters. The first-order valence-electron chi connectivity index (χ1n) is 6.48. The monoisotopic (exact) mass is 318 g/mol. The minimum Gasteiger partial charge on any atom is -0.361 e. The van der Waals surface area contributed by atoms with Crippen LogP contribution in [-0.4, -0.2) is 22.6 Å². The highest BCUT2D eigenvalue weighted by Crippen LogP contribution is 2.21. The summed E-state index contributed by atoms with van der Waals surface area (Å²) in [7, 11) is 0. The molecule has 22 heavy (non-hydrogen) atoms. The third kappa shape index (κ3) is 3.35. The molecule has 7 heteroatoms. The van der Waals surface area contributed by atoms with Gasteiger partial charge < -0.3 is 10.3 Å². The number of carbonyl (C=O) groups excluding carboxylic acids is 2. The summed E-state index contributed by atoms with van der Waals surface area (Å²) in [6, 6.07) is 9.38. The highest BCUT2D eigenvalue weighted by Gasteiger charge is 2.10. The van der Waals surface area contributed by atoms with Gasteiger partial charge in [0.1, 0.15) is 0 Å². The molecule has 0 saturated carbocycles. The van der Waals surface area contributed by atoms with Crippen molar-refractivity contribution < 1.29 is 9.59 Å². The van der Waals surface area contributed by atoms with Crippen LogP contribution in [0.2, 0.25) is 5.02 Å². The van der Waals surface area contributed by atoms with Crippen LogP contribution in [0.15, 0.2) is 35.4 Å². The first kappa shape index (κ1) is 15.8. The Bertz CT molecular complexity index is 748. The normalized spacial score (nSPS) is 10.9. The lowest BCUT2D eigenvalue weighted by Gasteiger charge is -2.09. The number of rotatable bonds is 3. The molecule has 0 radical (unpaired) electrons. The SMILES string of the molecule is Cc1cc(/C=N/NC(=O)C(N)=O)c(C)n1-c1ccc(Cl)cc1. The summed E-state index contributed by atoms with van der Waals surface area (Å²) in [5, 5.41) is 4.39. The molecule has 0 aliphatic carbocycles. The molecule has 2 amide bonds. The molecule has 3 N–H and O–H groups in total. The molecule has 2 rings (SSSR count). The summed E-state index contributed by atoms with van der Waals surface area (Å²) >= 11 is 5.90. The van der Waals surface area contributed by atoms with Gasteiger partial charge in [-0.05, 0) is 44.2 Å². The fraction of sp³-hybridized carbons (Fsp3) is 0.133. The molecule has 2 aromatic rings. The van der Waals surface area contributed by atoms with Gasteiger partial charge in [0, 0.05) is 27.7 Å². The minimum atomic E-state index is -1.08. The Balaban J connectivity index is 2.27. The van der Waals surface area contributed by atoms with E-state index in [0.29, 0.717) is 5.02 Å². The summed E-state index contributed by atoms with van der Waals surface area (Å²) < 4.78 is 2.04. The van der Waals surface area contributed by atoms with Gasteiger partial charge in [0.05, 0.1) is 6.21 Å². The van der Waals surface area contributed by atoms with Crippen LogP contribution < -0.4 is 11.2 Å². The number of hydrogen-bond acceptors (Lipinski definition) is 3. The van der Waals surface area contributed by atoms with Crippen LogP contribution in [0, 0.1) is 13.8 Å². The smallest absolute Gasteiger partial charge is 0.329 e. The number of halogens is 1. The Kier molecular flexibility index (Phi) is 4.62. The van der Waals surface area contributed by atoms with Crippen molar-refractivity contribution in [1.29, 1.82) is 0 Å². The summed E-state index contributed by atoms with van der Waals surface area (Å²) in [6.07, 6.45) is 1.47. The van der Waals surface area contributed by atoms with Crippen LogP contribution >= 0.6 is 11.6 Å². The van der Waals surface area contributed by atoms with E-state index in [0.717, 1.165) is 22.6 Å². The van der Waals surface area contributed by atoms with Crippen LogP contribution in [0.5, 0.6) is 0 Å². The molecule has 0 saturated heterocycles. The predicted molar refractivity (Wildman–Crippen MR) is 85.2 cm³/mol. The number of hydrazone groups is 1. The lowest BCUT2D eigenvalue weighted by Crippen LogP contribution is -2.32. The second-order valence-corrected chi connectivity index (χ2v) is 5.14. The second-order valence-electron chi connectivity index (χ2n) is 4.70. The van der Waals surface area contributed by atoms with Gasteiger partial charge in [0.25, 0.3) is 0 Å². The molecular weight excluding hydrogens is 304 g/mol. The molecule has 0 atom stereocenters. The Morgan fingerprint density at radius 1 is 1.27 bits per heavy atom. The summed E-state index contributed by atoms with van der Waals surface area (Å²) in [5.74, 6) is -2.04. The third-order valence-corrected chi connectivity index (χ3v) is 3.40. The van der Waals surface area contributed by atoms with Gasteiger partial charge in [-0.3, -0.25) is 9.59 Å². The number of nitrogens with one attached hydrogen (secondary N) is 1. The fourth-order valence-corrected chi connectivity index (χ4v) is 2.25. The van der Waals surface area contributed by atoms with Gasteiger partial charge in [-0.15, -0.1) is 0 Å². The summed E-state index contributed by atoms with van der Waals surface area (Å²) in [6.45, 7) is 3.89. The molecule has 1 heterocycles. The van der Waals surface area contributed by atoms with Crippen molar-refractivity contribution in [2.45, 2.75) is 13.8 Å². The summed E-state index contributed by atoms with van der Waals surface area (Å²) in [5.41, 5.74) is 10.6. The average molecular weight is 319 g/mol. The third-order valence-electron chi connectivity index (χ3n) is 3.15. The predicted octanol–water partition coefficient (Wildman–Crippen LogP) is 1.68. The molecule has 114 valence electrons. The van der Waals surface area contributed by atoms with Crippen molar-refractivity contribution in [1.82, 2.24) is 9.99 Å². The molecule has 0 spiro atoms. The lowest BCUT2D eigenvalue weighted by molar-refractivity contribution is -0.137. The molecule has 0 aliphatic heterocycles. The van der Waals surface area contributed by atoms with Gasteiger partial charge in [0.15, 0.2) is 0 Å². The van der Waals surface area contributed by atoms with Gasteiger partial charge in [-0.2, -0.15) is 5.10 Å². The number of nitrogens with two attached hydrogens (primary N) is 1. The van der Waals surface area contributed by atoms with Gasteiger partial charge in [-0.25, -0.2) is 5.43 Å². The zero-order chi connectivity index (χ0) is 16.3. The number of primary amides is 1. The number of hydrogen-bond donors (Lipinski definition) is 2. The standard InChI is InChI=1S/C15H15ClN4O2/c1-9-7-11(8-18-19-15(22)14(17)21)10(2)20(9)13-5-3-12(16)4-6-13/h3-8H,1-2H3,(H2,17,21)(H,19,22)/b18-8+. The quantitative estimate of drug-likeness (QED) is 0.512. The first-order valence-corrected chi connectivity index (χ1v) is 6.85. The number of nitrogens with zero attached hydrogens (tertiary/aromatic N) is 2. The highest BCUT2D eigenvalue weighted by atomic mass is 35.5. The van der Waals surface area contributed by atoms with Crippen LogP contribution in [0.3, 0.4) is 0 Å². The zero-order valence-electron chi connectivity index (χ0n) is 12.1. The van der Waals surface area contributed by atoms with E-state index in [2.05, 4.69) is 10.5 Å². The lowest BCUT2D eigenvalue weighted by atomic mass is 10.2. The van der Waals surface area contributed by atoms with E-state index in [-0.39, 0.29) is 0 Å². The highest BCUT2D eigenvalue weighted by molar-refractivity contribution is 6.34. The van der Waals surface area contributed by atoms with Gasteiger partial charge >= 0.3 is 11.8 Å². The van der Waals surface area contributed by atoms with E-state index >= 15 is 0 Å². The van der Waals surface area contributed by atoms with Crippen LogP contribution in [0.1, 0.15) is 17.0 Å². The number of aryl methyl sites for hydroxylation is 1. The number of benzene rings is 1. The molecule has 6 nitrogen and oxygen atoms in total. The van der Waals surface area contributed by atoms with Crippen molar-refractivity contribution in [3.05, 3.63) is 52.3 Å². The molecule has 0 fully saturated rings. The van der Waals surface area contributed by atoms with E-state index in [1.165, 1.54) is 6.21 Å². The van der Waals surface area contributed by atoms with Crippen molar-refractivity contribution in [2.24, 2.45) is 10.8 Å². The van der Waals surface area contributed by atoms with Crippen LogP contribution in [0.4, 0.5) is 0 Å². The molecule has 1 aromatic carbocycles. The fourth-order valence-electron chi connectivity index (χ4n) is 2.12. The second kappa shape index (κ2) is 6.44. The van der Waals surface area contributed by atoms with Crippen molar-refractivity contribution in [3.8, 4) is 5.69 Å². The van der Waals surface area contributed by atoms with E-state index in [9.17, 15) is 9.59 Å². The van der Waals surface area contributed by atoms with Crippen molar-refractivity contribution >= 4 is 29.6 Å². The van der Waals surface area contributed by atoms with E-state index in [1.54, 1.807) is 0 Å². The molecular formula is C15H15ClN4O2. The Labute approximate surface area is 132 Å². The average Bonchev–Trinajstić information content (AvgIpc) is 2.74. The Hall–Kier alpha value is -2.60. The van der Waals surface area contributed by atoms with E-state index in [4.69, 9.17) is 17.3 Å². The zero-order valence-corrected chi connectivity index (χ0v) is 12.9. The molecule has 1 aromatic heterocycles. The van der Waals surface area contributed by atoms with Crippen LogP contribution in [-0.2, 0) is 9.59 Å². The maximum Gasteiger partial charge on any atom is 0.329 e. The van der Waals surface area contributed by atoms with Crippen molar-refractivity contribution in [3.63, 3.8) is 0 Å². The van der Waals surface area contributed by atoms with Gasteiger partial charge in [-0.1, -0.05) is 11.6 Å². The number of aromatic nitrogens is 1. The van der Waals surface area contributed by atoms with E-state index < -0.39 is 11.8 Å². The van der Waals surface area contributed by atoms with Crippen molar-refractivity contribution in [2.75, 3.05) is 0 Å². The Morgan fingerprint density at radius 2 is 1.91 bits per heavy atom. The molecule has 0 bridgehead atoms. The molecule has 0 aliphatic rings. The number of carbonyl (C=O) groups is 2. The summed E-state index contributed by atoms with van der Waals surface area (Å²) in [4.78, 5) is 21.6. The van der Waals surface area contributed by atoms with E-state index in [1.807, 2.05) is 48.7 Å². The first-order chi connectivity index (χ1) is 10.4. The topological polar surface area (TPSA) is 89.5 Å². The Morgan fingerprint density at radius 3 is 2.50 bits per heavy atom. The maximum atomic E-state index is 11.0. The maximum absolute atomic E-state index is 11.0. The number of amides is 2. The minimum absolute atomic E-state index is 0.669. The largest absolute Gasteiger partial charge is 0.361 e. The van der Waals surface area contributed by atoms with Crippen LogP contribution in [0.25, 0.3) is 5.69 Å². The van der Waals surface area contributed by atoms with Gasteiger partial charge in [0.2, 0.25) is 0 Å².